The van der Waals surface area contributed by atoms with E-state index in [2.05, 4.69) is 61.8 Å². The van der Waals surface area contributed by atoms with Gasteiger partial charge in [0.15, 0.2) is 17.9 Å². The summed E-state index contributed by atoms with van der Waals surface area (Å²) in [6.45, 7) is 2.52. The van der Waals surface area contributed by atoms with Crippen molar-refractivity contribution in [3.8, 4) is 0 Å². The van der Waals surface area contributed by atoms with Gasteiger partial charge < -0.3 is 49.1 Å². The quantitative estimate of drug-likeness (QED) is 0.0538. The molecule has 12 N–H and O–H groups in total. The highest BCUT2D eigenvalue weighted by Gasteiger charge is 2.07. The molecule has 3 aromatic carbocycles. The highest BCUT2D eigenvalue weighted by atomic mass is 15.3. The van der Waals surface area contributed by atoms with Gasteiger partial charge in [-0.25, -0.2) is 0 Å². The molecule has 4 rings (SSSR count). The first-order chi connectivity index (χ1) is 22.0. The van der Waals surface area contributed by atoms with Gasteiger partial charge in [0.2, 0.25) is 17.8 Å². The predicted octanol–water partition coefficient (Wildman–Crippen LogP) is 2.39. The van der Waals surface area contributed by atoms with Crippen molar-refractivity contribution in [2.45, 2.75) is 0 Å². The highest BCUT2D eigenvalue weighted by molar-refractivity contribution is 5.93. The second-order valence-corrected chi connectivity index (χ2v) is 9.36. The van der Waals surface area contributed by atoms with Crippen molar-refractivity contribution in [3.05, 3.63) is 91.0 Å². The molecule has 0 radical (unpaired) electrons. The van der Waals surface area contributed by atoms with Gasteiger partial charge in [-0.3, -0.25) is 15.0 Å². The molecule has 0 aliphatic carbocycles. The van der Waals surface area contributed by atoms with E-state index in [-0.39, 0.29) is 0 Å². The number of aliphatic imine (C=N–C) groups is 3. The Labute approximate surface area is 262 Å². The topological polar surface area (TPSA) is 226 Å². The minimum Gasteiger partial charge on any atom is -0.370 e. The Kier molecular flexibility index (Phi) is 12.5. The second-order valence-electron chi connectivity index (χ2n) is 9.36. The van der Waals surface area contributed by atoms with Crippen LogP contribution >= 0.6 is 0 Å². The standard InChI is InChI=1S/C30H39N15/c31-25(40-22-10-4-1-5-11-22)34-16-19-37-28-43-29(38-20-17-35-26(32)41-23-12-6-2-7-13-23)45-30(44-28)39-21-18-36-27(33)42-24-14-8-3-9-15-24/h1-15H,16-21H2,(H3,31,34,40)(H3,32,35,41)(H3,33,36,42)(H3,37,38,39,43,44,45). The summed E-state index contributed by atoms with van der Waals surface area (Å²) in [5.41, 5.74) is 20.6. The average Bonchev–Trinajstić information content (AvgIpc) is 3.05. The van der Waals surface area contributed by atoms with Crippen LogP contribution in [0.5, 0.6) is 0 Å². The number of guanidine groups is 3. The van der Waals surface area contributed by atoms with Gasteiger partial charge in [0.1, 0.15) is 0 Å². The molecule has 0 spiro atoms. The minimum absolute atomic E-state index is 0.312. The van der Waals surface area contributed by atoms with Crippen LogP contribution < -0.4 is 49.1 Å². The molecule has 0 unspecified atom stereocenters. The summed E-state index contributed by atoms with van der Waals surface area (Å²) in [6, 6.07) is 28.8. The molecular weight excluding hydrogens is 570 g/mol. The Morgan fingerprint density at radius 1 is 0.444 bits per heavy atom. The van der Waals surface area contributed by atoms with Crippen LogP contribution in [0.2, 0.25) is 0 Å². The van der Waals surface area contributed by atoms with Crippen LogP contribution in [-0.4, -0.2) is 72.1 Å². The Balaban J connectivity index is 1.31. The molecule has 15 nitrogen and oxygen atoms in total. The summed E-state index contributed by atoms with van der Waals surface area (Å²) >= 11 is 0. The van der Waals surface area contributed by atoms with Crippen LogP contribution in [0.1, 0.15) is 0 Å². The van der Waals surface area contributed by atoms with Crippen LogP contribution in [0.3, 0.4) is 0 Å². The monoisotopic (exact) mass is 609 g/mol. The van der Waals surface area contributed by atoms with E-state index >= 15 is 0 Å². The van der Waals surface area contributed by atoms with Gasteiger partial charge in [-0.1, -0.05) is 54.6 Å². The molecule has 0 fully saturated rings. The molecule has 0 amide bonds. The number of benzene rings is 3. The van der Waals surface area contributed by atoms with Crippen molar-refractivity contribution in [1.82, 2.24) is 15.0 Å². The number of nitrogens with one attached hydrogen (secondary N) is 6. The smallest absolute Gasteiger partial charge is 0.229 e. The molecule has 0 aliphatic rings. The van der Waals surface area contributed by atoms with E-state index in [9.17, 15) is 0 Å². The van der Waals surface area contributed by atoms with Gasteiger partial charge in [0, 0.05) is 36.7 Å². The van der Waals surface area contributed by atoms with Gasteiger partial charge in [0.25, 0.3) is 0 Å². The number of anilines is 6. The van der Waals surface area contributed by atoms with Crippen LogP contribution in [-0.2, 0) is 0 Å². The molecule has 45 heavy (non-hydrogen) atoms. The molecule has 234 valence electrons. The van der Waals surface area contributed by atoms with E-state index in [0.29, 0.717) is 75.0 Å². The van der Waals surface area contributed by atoms with E-state index < -0.39 is 0 Å². The molecule has 0 saturated carbocycles. The molecule has 1 heterocycles. The fourth-order valence-corrected chi connectivity index (χ4v) is 3.77. The van der Waals surface area contributed by atoms with Gasteiger partial charge in [-0.2, -0.15) is 15.0 Å². The Hall–Kier alpha value is -6.12. The van der Waals surface area contributed by atoms with E-state index in [4.69, 9.17) is 17.2 Å². The lowest BCUT2D eigenvalue weighted by Gasteiger charge is -2.11. The zero-order valence-electron chi connectivity index (χ0n) is 24.8. The van der Waals surface area contributed by atoms with Gasteiger partial charge in [-0.15, -0.1) is 0 Å². The van der Waals surface area contributed by atoms with Gasteiger partial charge >= 0.3 is 0 Å². The zero-order chi connectivity index (χ0) is 31.5. The maximum absolute atomic E-state index is 6.00. The normalized spacial score (nSPS) is 11.9. The van der Waals surface area contributed by atoms with E-state index in [0.717, 1.165) is 17.1 Å². The zero-order valence-corrected chi connectivity index (χ0v) is 24.8. The Morgan fingerprint density at radius 3 is 0.978 bits per heavy atom. The molecular formula is C30H39N15. The first-order valence-electron chi connectivity index (χ1n) is 14.4. The third-order valence-electron chi connectivity index (χ3n) is 5.81. The van der Waals surface area contributed by atoms with Crippen molar-refractivity contribution >= 4 is 52.8 Å². The summed E-state index contributed by atoms with van der Waals surface area (Å²) in [5.74, 6) is 2.02. The molecule has 0 atom stereocenters. The second kappa shape index (κ2) is 17.7. The number of rotatable bonds is 15. The Morgan fingerprint density at radius 2 is 0.711 bits per heavy atom. The predicted molar refractivity (Wildman–Crippen MR) is 185 cm³/mol. The van der Waals surface area contributed by atoms with Crippen molar-refractivity contribution in [1.29, 1.82) is 0 Å². The van der Waals surface area contributed by atoms with Crippen LogP contribution in [0.25, 0.3) is 0 Å². The number of aromatic nitrogens is 3. The van der Waals surface area contributed by atoms with Crippen molar-refractivity contribution in [2.75, 3.05) is 71.2 Å². The highest BCUT2D eigenvalue weighted by Crippen LogP contribution is 2.10. The third-order valence-corrected chi connectivity index (χ3v) is 5.81. The van der Waals surface area contributed by atoms with E-state index in [1.165, 1.54) is 0 Å². The van der Waals surface area contributed by atoms with Crippen LogP contribution in [0, 0.1) is 0 Å². The number of nitrogens with zero attached hydrogens (tertiary/aromatic N) is 6. The summed E-state index contributed by atoms with van der Waals surface area (Å²) < 4.78 is 0. The van der Waals surface area contributed by atoms with E-state index in [1.54, 1.807) is 0 Å². The SMILES string of the molecule is NC(=NCCNc1nc(NCCN=C(N)Nc2ccccc2)nc(NCCN=C(N)Nc2ccccc2)n1)Nc1ccccc1. The maximum Gasteiger partial charge on any atom is 0.229 e. The van der Waals surface area contributed by atoms with Crippen molar-refractivity contribution in [2.24, 2.45) is 32.2 Å². The number of hydrogen-bond donors (Lipinski definition) is 9. The van der Waals surface area contributed by atoms with Crippen LogP contribution in [0.4, 0.5) is 34.9 Å². The van der Waals surface area contributed by atoms with Gasteiger partial charge in [0.05, 0.1) is 19.6 Å². The summed E-state index contributed by atoms with van der Waals surface area (Å²) in [4.78, 5) is 26.5. The Bertz CT molecular complexity index is 1330. The summed E-state index contributed by atoms with van der Waals surface area (Å²) in [7, 11) is 0. The summed E-state index contributed by atoms with van der Waals surface area (Å²) in [6.07, 6.45) is 0. The van der Waals surface area contributed by atoms with Gasteiger partial charge in [-0.05, 0) is 36.4 Å². The number of hydrogen-bond acceptors (Lipinski definition) is 9. The molecule has 4 aromatic rings. The molecule has 0 aliphatic heterocycles. The molecule has 0 saturated heterocycles. The van der Waals surface area contributed by atoms with E-state index in [1.807, 2.05) is 91.0 Å². The molecule has 1 aromatic heterocycles. The van der Waals surface area contributed by atoms with Crippen LogP contribution in [0.15, 0.2) is 106 Å². The largest absolute Gasteiger partial charge is 0.370 e. The number of nitrogens with two attached hydrogens (primary N) is 3. The lowest BCUT2D eigenvalue weighted by molar-refractivity contribution is 0.927. The average molecular weight is 610 g/mol. The lowest BCUT2D eigenvalue weighted by atomic mass is 10.3. The summed E-state index contributed by atoms with van der Waals surface area (Å²) in [5, 5.41) is 18.7. The lowest BCUT2D eigenvalue weighted by Crippen LogP contribution is -2.24. The number of para-hydroxylation sites is 3. The first-order valence-corrected chi connectivity index (χ1v) is 14.4. The minimum atomic E-state index is 0.312. The third kappa shape index (κ3) is 12.3. The maximum atomic E-state index is 6.00. The first kappa shape index (κ1) is 31.8. The van der Waals surface area contributed by atoms with Crippen molar-refractivity contribution in [3.63, 3.8) is 0 Å². The molecule has 0 bridgehead atoms. The fourth-order valence-electron chi connectivity index (χ4n) is 3.77. The van der Waals surface area contributed by atoms with Crippen molar-refractivity contribution < 1.29 is 0 Å². The molecule has 15 heteroatoms. The fraction of sp³-hybridized carbons (Fsp3) is 0.200.